The summed E-state index contributed by atoms with van der Waals surface area (Å²) in [4.78, 5) is 15.6. The molecule has 1 saturated heterocycles. The highest BCUT2D eigenvalue weighted by Gasteiger charge is 2.13. The lowest BCUT2D eigenvalue weighted by Crippen LogP contribution is -2.36. The number of hydrogen-bond donors (Lipinski definition) is 1. The van der Waals surface area contributed by atoms with Gasteiger partial charge in [0.2, 0.25) is 0 Å². The van der Waals surface area contributed by atoms with Gasteiger partial charge in [0, 0.05) is 43.1 Å². The van der Waals surface area contributed by atoms with Crippen LogP contribution in [0.2, 0.25) is 0 Å². The standard InChI is InChI=1S/C19H21N5OS/c1-2-4-15(5-3-1)19-23-16(13-26-19)6-7-20-17-12-18(22-14-21-17)24-8-10-25-11-9-24/h1-5,12-14H,6-11H2,(H,20,21,22). The summed E-state index contributed by atoms with van der Waals surface area (Å²) in [5.74, 6) is 1.80. The first kappa shape index (κ1) is 16.9. The van der Waals surface area contributed by atoms with E-state index in [0.717, 1.165) is 61.6 Å². The maximum Gasteiger partial charge on any atom is 0.134 e. The lowest BCUT2D eigenvalue weighted by atomic mass is 10.2. The molecule has 4 rings (SSSR count). The van der Waals surface area contributed by atoms with E-state index in [2.05, 4.69) is 37.7 Å². The van der Waals surface area contributed by atoms with Crippen LogP contribution >= 0.6 is 11.3 Å². The third-order valence-corrected chi connectivity index (χ3v) is 5.19. The Morgan fingerprint density at radius 1 is 1.12 bits per heavy atom. The second-order valence-corrected chi connectivity index (χ2v) is 6.91. The van der Waals surface area contributed by atoms with E-state index >= 15 is 0 Å². The van der Waals surface area contributed by atoms with Crippen molar-refractivity contribution in [2.24, 2.45) is 0 Å². The van der Waals surface area contributed by atoms with Gasteiger partial charge in [-0.3, -0.25) is 0 Å². The third kappa shape index (κ3) is 4.17. The zero-order chi connectivity index (χ0) is 17.6. The molecule has 3 aromatic rings. The molecule has 0 unspecified atom stereocenters. The van der Waals surface area contributed by atoms with Crippen molar-refractivity contribution >= 4 is 23.0 Å². The molecule has 3 heterocycles. The molecule has 7 heteroatoms. The van der Waals surface area contributed by atoms with Crippen LogP contribution in [0.3, 0.4) is 0 Å². The Bertz CT molecular complexity index is 833. The van der Waals surface area contributed by atoms with Crippen LogP contribution < -0.4 is 10.2 Å². The van der Waals surface area contributed by atoms with E-state index in [1.54, 1.807) is 17.7 Å². The number of nitrogens with one attached hydrogen (secondary N) is 1. The Balaban J connectivity index is 1.33. The highest BCUT2D eigenvalue weighted by molar-refractivity contribution is 7.13. The first-order valence-corrected chi connectivity index (χ1v) is 9.65. The molecular weight excluding hydrogens is 346 g/mol. The van der Waals surface area contributed by atoms with E-state index in [9.17, 15) is 0 Å². The van der Waals surface area contributed by atoms with Crippen molar-refractivity contribution < 1.29 is 4.74 Å². The normalized spacial score (nSPS) is 14.4. The van der Waals surface area contributed by atoms with Gasteiger partial charge in [-0.2, -0.15) is 0 Å². The summed E-state index contributed by atoms with van der Waals surface area (Å²) >= 11 is 1.69. The summed E-state index contributed by atoms with van der Waals surface area (Å²) in [5.41, 5.74) is 2.27. The van der Waals surface area contributed by atoms with E-state index in [1.165, 1.54) is 5.56 Å². The van der Waals surface area contributed by atoms with E-state index in [1.807, 2.05) is 24.3 Å². The van der Waals surface area contributed by atoms with Crippen LogP contribution in [-0.4, -0.2) is 47.8 Å². The Morgan fingerprint density at radius 2 is 1.96 bits per heavy atom. The molecule has 1 aliphatic heterocycles. The van der Waals surface area contributed by atoms with Crippen molar-refractivity contribution in [3.05, 3.63) is 53.8 Å². The predicted molar refractivity (Wildman–Crippen MR) is 105 cm³/mol. The molecule has 1 aromatic carbocycles. The molecule has 1 aliphatic rings. The number of ether oxygens (including phenoxy) is 1. The van der Waals surface area contributed by atoms with Gasteiger partial charge < -0.3 is 15.0 Å². The molecule has 0 saturated carbocycles. The van der Waals surface area contributed by atoms with Crippen LogP contribution in [-0.2, 0) is 11.2 Å². The van der Waals surface area contributed by atoms with Crippen molar-refractivity contribution in [3.8, 4) is 10.6 Å². The molecule has 0 aliphatic carbocycles. The number of thiazole rings is 1. The van der Waals surface area contributed by atoms with Crippen molar-refractivity contribution in [2.45, 2.75) is 6.42 Å². The summed E-state index contributed by atoms with van der Waals surface area (Å²) < 4.78 is 5.39. The van der Waals surface area contributed by atoms with E-state index in [4.69, 9.17) is 9.72 Å². The van der Waals surface area contributed by atoms with Crippen LogP contribution in [0.25, 0.3) is 10.6 Å². The van der Waals surface area contributed by atoms with Crippen molar-refractivity contribution in [1.29, 1.82) is 0 Å². The number of rotatable bonds is 6. The molecule has 26 heavy (non-hydrogen) atoms. The van der Waals surface area contributed by atoms with Gasteiger partial charge in [-0.05, 0) is 0 Å². The van der Waals surface area contributed by atoms with Gasteiger partial charge >= 0.3 is 0 Å². The fraction of sp³-hybridized carbons (Fsp3) is 0.316. The lowest BCUT2D eigenvalue weighted by Gasteiger charge is -2.27. The van der Waals surface area contributed by atoms with Crippen molar-refractivity contribution in [2.75, 3.05) is 43.1 Å². The predicted octanol–water partition coefficient (Wildman–Crippen LogP) is 3.09. The van der Waals surface area contributed by atoms with Gasteiger partial charge in [0.25, 0.3) is 0 Å². The minimum atomic E-state index is 0.750. The molecule has 0 amide bonds. The molecule has 0 spiro atoms. The smallest absolute Gasteiger partial charge is 0.134 e. The largest absolute Gasteiger partial charge is 0.378 e. The van der Waals surface area contributed by atoms with E-state index < -0.39 is 0 Å². The molecule has 6 nitrogen and oxygen atoms in total. The van der Waals surface area contributed by atoms with Crippen molar-refractivity contribution in [3.63, 3.8) is 0 Å². The lowest BCUT2D eigenvalue weighted by molar-refractivity contribution is 0.122. The number of morpholine rings is 1. The Hall–Kier alpha value is -2.51. The molecule has 0 bridgehead atoms. The molecule has 134 valence electrons. The molecule has 0 radical (unpaired) electrons. The summed E-state index contributed by atoms with van der Waals surface area (Å²) in [5, 5.41) is 6.57. The Labute approximate surface area is 156 Å². The van der Waals surface area contributed by atoms with Gasteiger partial charge in [-0.15, -0.1) is 11.3 Å². The van der Waals surface area contributed by atoms with Crippen LogP contribution in [0, 0.1) is 0 Å². The number of hydrogen-bond acceptors (Lipinski definition) is 7. The fourth-order valence-electron chi connectivity index (χ4n) is 2.86. The summed E-state index contributed by atoms with van der Waals surface area (Å²) in [6, 6.07) is 12.3. The maximum absolute atomic E-state index is 5.39. The number of benzene rings is 1. The molecule has 1 fully saturated rings. The Morgan fingerprint density at radius 3 is 2.81 bits per heavy atom. The van der Waals surface area contributed by atoms with Gasteiger partial charge in [0.15, 0.2) is 0 Å². The zero-order valence-electron chi connectivity index (χ0n) is 14.5. The fourth-order valence-corrected chi connectivity index (χ4v) is 3.72. The van der Waals surface area contributed by atoms with Crippen LogP contribution in [0.15, 0.2) is 48.1 Å². The van der Waals surface area contributed by atoms with Gasteiger partial charge in [0.05, 0.1) is 18.9 Å². The summed E-state index contributed by atoms with van der Waals surface area (Å²) in [7, 11) is 0. The van der Waals surface area contributed by atoms with Gasteiger partial charge in [-0.1, -0.05) is 30.3 Å². The SMILES string of the molecule is c1ccc(-c2nc(CCNc3cc(N4CCOCC4)ncn3)cs2)cc1. The first-order chi connectivity index (χ1) is 12.9. The molecule has 0 atom stereocenters. The monoisotopic (exact) mass is 367 g/mol. The molecule has 1 N–H and O–H groups in total. The number of nitrogens with zero attached hydrogens (tertiary/aromatic N) is 4. The average molecular weight is 367 g/mol. The topological polar surface area (TPSA) is 63.2 Å². The maximum atomic E-state index is 5.39. The highest BCUT2D eigenvalue weighted by atomic mass is 32.1. The van der Waals surface area contributed by atoms with Crippen molar-refractivity contribution in [1.82, 2.24) is 15.0 Å². The zero-order valence-corrected chi connectivity index (χ0v) is 15.3. The van der Waals surface area contributed by atoms with Crippen LogP contribution in [0.1, 0.15) is 5.69 Å². The minimum absolute atomic E-state index is 0.750. The second-order valence-electron chi connectivity index (χ2n) is 6.05. The second kappa shape index (κ2) is 8.25. The van der Waals surface area contributed by atoms with Crippen LogP contribution in [0.4, 0.5) is 11.6 Å². The van der Waals surface area contributed by atoms with Crippen LogP contribution in [0.5, 0.6) is 0 Å². The van der Waals surface area contributed by atoms with Gasteiger partial charge in [0.1, 0.15) is 23.0 Å². The third-order valence-electron chi connectivity index (χ3n) is 4.25. The minimum Gasteiger partial charge on any atom is -0.378 e. The summed E-state index contributed by atoms with van der Waals surface area (Å²) in [6.07, 6.45) is 2.48. The van der Waals surface area contributed by atoms with E-state index in [-0.39, 0.29) is 0 Å². The van der Waals surface area contributed by atoms with E-state index in [0.29, 0.717) is 0 Å². The highest BCUT2D eigenvalue weighted by Crippen LogP contribution is 2.23. The number of aromatic nitrogens is 3. The molecule has 2 aromatic heterocycles. The van der Waals surface area contributed by atoms with Gasteiger partial charge in [-0.25, -0.2) is 15.0 Å². The Kier molecular flexibility index (Phi) is 5.37. The average Bonchev–Trinajstić information content (AvgIpc) is 3.19. The quantitative estimate of drug-likeness (QED) is 0.722. The number of anilines is 2. The molecular formula is C19H21N5OS. The first-order valence-electron chi connectivity index (χ1n) is 8.77. The summed E-state index contributed by atoms with van der Waals surface area (Å²) in [6.45, 7) is 4.04.